The van der Waals surface area contributed by atoms with Crippen LogP contribution in [0.1, 0.15) is 43.7 Å². The highest BCUT2D eigenvalue weighted by atomic mass is 16.5. The summed E-state index contributed by atoms with van der Waals surface area (Å²) in [6, 6.07) is 14.9. The predicted molar refractivity (Wildman–Crippen MR) is 129 cm³/mol. The molecule has 0 bridgehead atoms. The summed E-state index contributed by atoms with van der Waals surface area (Å²) in [5.41, 5.74) is 3.62. The molecule has 2 atom stereocenters. The molecule has 2 amide bonds. The molecule has 2 aromatic rings. The van der Waals surface area contributed by atoms with Gasteiger partial charge in [0.25, 0.3) is 0 Å². The van der Waals surface area contributed by atoms with E-state index in [1.807, 2.05) is 48.5 Å². The highest BCUT2D eigenvalue weighted by Gasteiger charge is 2.32. The maximum Gasteiger partial charge on any atom is 0.407 e. The number of benzene rings is 2. The third kappa shape index (κ3) is 6.80. The summed E-state index contributed by atoms with van der Waals surface area (Å²) in [6.07, 6.45) is -2.38. The van der Waals surface area contributed by atoms with Crippen molar-refractivity contribution in [2.75, 3.05) is 20.3 Å². The Kier molecular flexibility index (Phi) is 8.48. The molecule has 0 aliphatic heterocycles. The normalized spacial score (nSPS) is 14.4. The van der Waals surface area contributed by atoms with Crippen molar-refractivity contribution in [2.45, 2.75) is 50.4 Å². The SMILES string of the molecule is COC(C)(C)CC(NC(=O)OCC1c2ccccc2-c2ccccc21)C(=O)NCC(O)CC(=O)O. The van der Waals surface area contributed by atoms with Gasteiger partial charge in [-0.15, -0.1) is 0 Å². The molecule has 1 aliphatic carbocycles. The molecule has 3 rings (SSSR count). The number of carboxylic acids is 1. The standard InChI is InChI=1S/C26H32N2O7/c1-26(2,34-3)13-22(24(32)27-14-16(29)12-23(30)31)28-25(33)35-15-21-19-10-6-4-8-17(19)18-9-5-7-11-20(18)21/h4-11,16,21-22,29H,12-15H2,1-3H3,(H,27,32)(H,28,33)(H,30,31). The molecule has 9 nitrogen and oxygen atoms in total. The van der Waals surface area contributed by atoms with E-state index in [1.54, 1.807) is 13.8 Å². The predicted octanol–water partition coefficient (Wildman–Crippen LogP) is 2.66. The van der Waals surface area contributed by atoms with Crippen molar-refractivity contribution in [3.05, 3.63) is 59.7 Å². The first-order valence-corrected chi connectivity index (χ1v) is 11.5. The van der Waals surface area contributed by atoms with Gasteiger partial charge in [0.15, 0.2) is 0 Å². The number of nitrogens with one attached hydrogen (secondary N) is 2. The zero-order chi connectivity index (χ0) is 25.6. The molecular weight excluding hydrogens is 452 g/mol. The van der Waals surface area contributed by atoms with E-state index >= 15 is 0 Å². The van der Waals surface area contributed by atoms with E-state index in [1.165, 1.54) is 7.11 Å². The zero-order valence-electron chi connectivity index (χ0n) is 20.1. The van der Waals surface area contributed by atoms with Crippen LogP contribution in [0.4, 0.5) is 4.79 Å². The number of carbonyl (C=O) groups excluding carboxylic acids is 2. The Morgan fingerprint density at radius 1 is 1.03 bits per heavy atom. The van der Waals surface area contributed by atoms with Gasteiger partial charge in [-0.05, 0) is 36.1 Å². The van der Waals surface area contributed by atoms with Gasteiger partial charge in [-0.2, -0.15) is 0 Å². The molecular formula is C26H32N2O7. The Morgan fingerprint density at radius 3 is 2.14 bits per heavy atom. The van der Waals surface area contributed by atoms with Gasteiger partial charge in [-0.25, -0.2) is 4.79 Å². The highest BCUT2D eigenvalue weighted by molar-refractivity contribution is 5.86. The van der Waals surface area contributed by atoms with Crippen molar-refractivity contribution in [3.63, 3.8) is 0 Å². The molecule has 0 spiro atoms. The fraction of sp³-hybridized carbons (Fsp3) is 0.423. The van der Waals surface area contributed by atoms with Gasteiger partial charge in [0.1, 0.15) is 12.6 Å². The second-order valence-electron chi connectivity index (χ2n) is 9.19. The number of aliphatic carboxylic acids is 1. The molecule has 0 saturated carbocycles. The van der Waals surface area contributed by atoms with Crippen molar-refractivity contribution in [2.24, 2.45) is 0 Å². The van der Waals surface area contributed by atoms with Crippen LogP contribution in [0.2, 0.25) is 0 Å². The number of fused-ring (bicyclic) bond motifs is 3. The molecule has 2 unspecified atom stereocenters. The fourth-order valence-electron chi connectivity index (χ4n) is 4.18. The van der Waals surface area contributed by atoms with Crippen molar-refractivity contribution in [1.29, 1.82) is 0 Å². The van der Waals surface area contributed by atoms with Crippen LogP contribution in [0, 0.1) is 0 Å². The van der Waals surface area contributed by atoms with Gasteiger partial charge in [0, 0.05) is 26.0 Å². The lowest BCUT2D eigenvalue weighted by Gasteiger charge is -2.28. The molecule has 2 aromatic carbocycles. The van der Waals surface area contributed by atoms with Gasteiger partial charge in [0.05, 0.1) is 18.1 Å². The molecule has 35 heavy (non-hydrogen) atoms. The minimum Gasteiger partial charge on any atom is -0.481 e. The maximum atomic E-state index is 12.8. The van der Waals surface area contributed by atoms with Crippen molar-refractivity contribution < 1.29 is 34.1 Å². The van der Waals surface area contributed by atoms with E-state index in [9.17, 15) is 19.5 Å². The number of alkyl carbamates (subject to hydrolysis) is 1. The van der Waals surface area contributed by atoms with E-state index in [0.29, 0.717) is 0 Å². The lowest BCUT2D eigenvalue weighted by molar-refractivity contribution is -0.139. The summed E-state index contributed by atoms with van der Waals surface area (Å²) >= 11 is 0. The second-order valence-corrected chi connectivity index (χ2v) is 9.19. The van der Waals surface area contributed by atoms with Gasteiger partial charge < -0.3 is 30.3 Å². The van der Waals surface area contributed by atoms with Gasteiger partial charge in [-0.1, -0.05) is 48.5 Å². The summed E-state index contributed by atoms with van der Waals surface area (Å²) in [6.45, 7) is 3.37. The number of rotatable bonds is 11. The Balaban J connectivity index is 1.65. The maximum absolute atomic E-state index is 12.8. The number of carbonyl (C=O) groups is 3. The monoisotopic (exact) mass is 484 g/mol. The molecule has 1 aliphatic rings. The number of ether oxygens (including phenoxy) is 2. The number of methoxy groups -OCH3 is 1. The lowest BCUT2D eigenvalue weighted by atomic mass is 9.98. The number of hydrogen-bond donors (Lipinski definition) is 4. The smallest absolute Gasteiger partial charge is 0.407 e. The largest absolute Gasteiger partial charge is 0.481 e. The first kappa shape index (κ1) is 26.2. The van der Waals surface area contributed by atoms with E-state index in [4.69, 9.17) is 14.6 Å². The van der Waals surface area contributed by atoms with Crippen LogP contribution in [0.25, 0.3) is 11.1 Å². The highest BCUT2D eigenvalue weighted by Crippen LogP contribution is 2.44. The topological polar surface area (TPSA) is 134 Å². The van der Waals surface area contributed by atoms with Crippen molar-refractivity contribution in [3.8, 4) is 11.1 Å². The molecule has 0 fully saturated rings. The molecule has 4 N–H and O–H groups in total. The van der Waals surface area contributed by atoms with Crippen LogP contribution in [0.5, 0.6) is 0 Å². The average Bonchev–Trinajstić information content (AvgIpc) is 3.14. The van der Waals surface area contributed by atoms with Gasteiger partial charge >= 0.3 is 12.1 Å². The molecule has 0 aromatic heterocycles. The van der Waals surface area contributed by atoms with Crippen LogP contribution < -0.4 is 10.6 Å². The summed E-state index contributed by atoms with van der Waals surface area (Å²) in [7, 11) is 1.50. The minimum atomic E-state index is -1.25. The summed E-state index contributed by atoms with van der Waals surface area (Å²) in [5.74, 6) is -1.88. The minimum absolute atomic E-state index is 0.0964. The number of aliphatic hydroxyl groups excluding tert-OH is 1. The zero-order valence-corrected chi connectivity index (χ0v) is 20.1. The van der Waals surface area contributed by atoms with E-state index in [0.717, 1.165) is 22.3 Å². The third-order valence-corrected chi connectivity index (χ3v) is 6.12. The van der Waals surface area contributed by atoms with Crippen LogP contribution in [0.15, 0.2) is 48.5 Å². The van der Waals surface area contributed by atoms with Gasteiger partial charge in [-0.3, -0.25) is 9.59 Å². The van der Waals surface area contributed by atoms with E-state index in [-0.39, 0.29) is 25.5 Å². The van der Waals surface area contributed by atoms with Crippen LogP contribution in [0.3, 0.4) is 0 Å². The summed E-state index contributed by atoms with van der Waals surface area (Å²) in [5, 5.41) is 23.6. The van der Waals surface area contributed by atoms with Crippen LogP contribution in [-0.4, -0.2) is 66.2 Å². The molecule has 0 radical (unpaired) electrons. The van der Waals surface area contributed by atoms with Crippen molar-refractivity contribution in [1.82, 2.24) is 10.6 Å². The fourth-order valence-corrected chi connectivity index (χ4v) is 4.18. The first-order chi connectivity index (χ1) is 16.6. The lowest BCUT2D eigenvalue weighted by Crippen LogP contribution is -2.51. The first-order valence-electron chi connectivity index (χ1n) is 11.5. The second kappa shape index (κ2) is 11.3. The molecule has 0 saturated heterocycles. The van der Waals surface area contributed by atoms with Gasteiger partial charge in [0.2, 0.25) is 5.91 Å². The van der Waals surface area contributed by atoms with E-state index < -0.39 is 42.1 Å². The van der Waals surface area contributed by atoms with Crippen molar-refractivity contribution >= 4 is 18.0 Å². The Labute approximate surface area is 204 Å². The number of hydrogen-bond acceptors (Lipinski definition) is 6. The quantitative estimate of drug-likeness (QED) is 0.385. The average molecular weight is 485 g/mol. The Hall–Kier alpha value is -3.43. The Bertz CT molecular complexity index is 1020. The van der Waals surface area contributed by atoms with Crippen LogP contribution in [-0.2, 0) is 19.1 Å². The Morgan fingerprint density at radius 2 is 1.60 bits per heavy atom. The summed E-state index contributed by atoms with van der Waals surface area (Å²) in [4.78, 5) is 36.2. The summed E-state index contributed by atoms with van der Waals surface area (Å²) < 4.78 is 10.9. The third-order valence-electron chi connectivity index (χ3n) is 6.12. The van der Waals surface area contributed by atoms with Crippen LogP contribution >= 0.6 is 0 Å². The van der Waals surface area contributed by atoms with E-state index in [2.05, 4.69) is 10.6 Å². The molecule has 188 valence electrons. The number of aliphatic hydroxyl groups is 1. The molecule has 9 heteroatoms. The number of amides is 2. The number of carboxylic acid groups (broad SMARTS) is 1. The molecule has 0 heterocycles.